The summed E-state index contributed by atoms with van der Waals surface area (Å²) in [6.45, 7) is 5.44. The minimum absolute atomic E-state index is 0.145. The predicted octanol–water partition coefficient (Wildman–Crippen LogP) is 5.67. The van der Waals surface area contributed by atoms with Crippen molar-refractivity contribution in [3.63, 3.8) is 0 Å². The van der Waals surface area contributed by atoms with E-state index in [0.717, 1.165) is 24.0 Å². The number of imide groups is 1. The quantitative estimate of drug-likeness (QED) is 0.648. The van der Waals surface area contributed by atoms with Crippen molar-refractivity contribution in [2.75, 3.05) is 0 Å². The Kier molecular flexibility index (Phi) is 6.63. The lowest BCUT2D eigenvalue weighted by atomic mass is 9.85. The minimum Gasteiger partial charge on any atom is -0.443 e. The molecule has 2 amide bonds. The zero-order valence-electron chi connectivity index (χ0n) is 17.2. The number of hydrogen-bond donors (Lipinski definition) is 0. The smallest absolute Gasteiger partial charge is 0.417 e. The molecular formula is C24H28ClNO3. The van der Waals surface area contributed by atoms with Gasteiger partial charge in [0.05, 0.1) is 0 Å². The third kappa shape index (κ3) is 5.83. The highest BCUT2D eigenvalue weighted by molar-refractivity contribution is 6.30. The molecular weight excluding hydrogens is 386 g/mol. The van der Waals surface area contributed by atoms with Gasteiger partial charge in [0.1, 0.15) is 5.60 Å². The molecule has 0 N–H and O–H groups in total. The molecule has 29 heavy (non-hydrogen) atoms. The Bertz CT molecular complexity index is 843. The van der Waals surface area contributed by atoms with Crippen molar-refractivity contribution in [2.45, 2.75) is 58.1 Å². The van der Waals surface area contributed by atoms with Gasteiger partial charge in [-0.25, -0.2) is 9.69 Å². The van der Waals surface area contributed by atoms with Gasteiger partial charge in [-0.05, 0) is 69.7 Å². The highest BCUT2D eigenvalue weighted by atomic mass is 35.5. The van der Waals surface area contributed by atoms with E-state index in [1.165, 1.54) is 4.90 Å². The number of halogens is 1. The lowest BCUT2D eigenvalue weighted by Crippen LogP contribution is -2.53. The first-order chi connectivity index (χ1) is 13.7. The van der Waals surface area contributed by atoms with Crippen LogP contribution in [0.5, 0.6) is 0 Å². The minimum atomic E-state index is -0.658. The second kappa shape index (κ2) is 9.00. The van der Waals surface area contributed by atoms with Gasteiger partial charge in [-0.15, -0.1) is 0 Å². The number of rotatable bonds is 4. The maximum Gasteiger partial charge on any atom is 0.417 e. The fraction of sp³-hybridized carbons (Fsp3) is 0.417. The Labute approximate surface area is 177 Å². The number of hydrogen-bond acceptors (Lipinski definition) is 3. The van der Waals surface area contributed by atoms with Gasteiger partial charge in [-0.1, -0.05) is 54.1 Å². The first-order valence-electron chi connectivity index (χ1n) is 10.1. The number of piperidine rings is 1. The Hall–Kier alpha value is -2.33. The molecule has 2 aromatic carbocycles. The van der Waals surface area contributed by atoms with E-state index in [4.69, 9.17) is 16.3 Å². The molecule has 1 saturated heterocycles. The van der Waals surface area contributed by atoms with Crippen molar-refractivity contribution in [3.8, 4) is 0 Å². The molecule has 0 unspecified atom stereocenters. The number of amides is 2. The van der Waals surface area contributed by atoms with Crippen LogP contribution in [0, 0.1) is 5.92 Å². The summed E-state index contributed by atoms with van der Waals surface area (Å²) in [5.74, 6) is -0.361. The Balaban J connectivity index is 1.81. The lowest BCUT2D eigenvalue weighted by molar-refractivity contribution is -0.140. The lowest BCUT2D eigenvalue weighted by Gasteiger charge is -2.38. The first-order valence-corrected chi connectivity index (χ1v) is 10.4. The summed E-state index contributed by atoms with van der Waals surface area (Å²) >= 11 is 5.99. The topological polar surface area (TPSA) is 46.6 Å². The van der Waals surface area contributed by atoms with Gasteiger partial charge in [0.2, 0.25) is 5.91 Å². The van der Waals surface area contributed by atoms with Crippen LogP contribution in [0.2, 0.25) is 5.02 Å². The Morgan fingerprint density at radius 3 is 2.24 bits per heavy atom. The molecule has 0 aliphatic carbocycles. The van der Waals surface area contributed by atoms with Gasteiger partial charge in [-0.2, -0.15) is 0 Å². The fourth-order valence-electron chi connectivity index (χ4n) is 3.75. The second-order valence-corrected chi connectivity index (χ2v) is 9.07. The van der Waals surface area contributed by atoms with Crippen LogP contribution in [0.4, 0.5) is 4.79 Å². The molecule has 1 heterocycles. The van der Waals surface area contributed by atoms with Gasteiger partial charge in [0.25, 0.3) is 0 Å². The summed E-state index contributed by atoms with van der Waals surface area (Å²) in [6.07, 6.45) is 2.18. The van der Waals surface area contributed by atoms with Gasteiger partial charge in [0, 0.05) is 17.0 Å². The number of nitrogens with zero attached hydrogens (tertiary/aromatic N) is 1. The maximum absolute atomic E-state index is 13.3. The van der Waals surface area contributed by atoms with Crippen molar-refractivity contribution in [2.24, 2.45) is 5.92 Å². The molecule has 2 atom stereocenters. The normalized spacial score (nSPS) is 19.9. The molecule has 0 saturated carbocycles. The molecule has 0 radical (unpaired) electrons. The molecule has 154 valence electrons. The molecule has 1 aliphatic heterocycles. The molecule has 0 spiro atoms. The molecule has 1 fully saturated rings. The van der Waals surface area contributed by atoms with Crippen molar-refractivity contribution in [1.82, 2.24) is 4.90 Å². The van der Waals surface area contributed by atoms with Crippen LogP contribution in [0.1, 0.15) is 44.7 Å². The SMILES string of the molecule is CC(C)(C)OC(=O)N1C(=O)[C@@H](Cc2ccccc2)CC[C@@H]1Cc1ccc(Cl)cc1. The summed E-state index contributed by atoms with van der Waals surface area (Å²) in [5, 5.41) is 0.667. The molecule has 3 rings (SSSR count). The Morgan fingerprint density at radius 2 is 1.62 bits per heavy atom. The zero-order valence-corrected chi connectivity index (χ0v) is 18.0. The van der Waals surface area contributed by atoms with Crippen molar-refractivity contribution in [1.29, 1.82) is 0 Å². The van der Waals surface area contributed by atoms with Crippen LogP contribution in [-0.4, -0.2) is 28.5 Å². The van der Waals surface area contributed by atoms with Crippen molar-refractivity contribution in [3.05, 3.63) is 70.7 Å². The summed E-state index contributed by atoms with van der Waals surface area (Å²) < 4.78 is 5.58. The van der Waals surface area contributed by atoms with Crippen LogP contribution in [0.25, 0.3) is 0 Å². The van der Waals surface area contributed by atoms with Crippen LogP contribution in [0.3, 0.4) is 0 Å². The third-order valence-corrected chi connectivity index (χ3v) is 5.35. The van der Waals surface area contributed by atoms with E-state index in [2.05, 4.69) is 0 Å². The van der Waals surface area contributed by atoms with Gasteiger partial charge in [-0.3, -0.25) is 4.79 Å². The number of carbonyl (C=O) groups is 2. The number of ether oxygens (including phenoxy) is 1. The van der Waals surface area contributed by atoms with Crippen LogP contribution in [0.15, 0.2) is 54.6 Å². The summed E-state index contributed by atoms with van der Waals surface area (Å²) in [4.78, 5) is 27.6. The molecule has 4 nitrogen and oxygen atoms in total. The zero-order chi connectivity index (χ0) is 21.0. The van der Waals surface area contributed by atoms with Crippen LogP contribution >= 0.6 is 11.6 Å². The number of likely N-dealkylation sites (tertiary alicyclic amines) is 1. The van der Waals surface area contributed by atoms with E-state index in [1.54, 1.807) is 0 Å². The molecule has 0 bridgehead atoms. The maximum atomic E-state index is 13.3. The van der Waals surface area contributed by atoms with E-state index in [1.807, 2.05) is 75.4 Å². The van der Waals surface area contributed by atoms with Gasteiger partial charge in [0.15, 0.2) is 0 Å². The predicted molar refractivity (Wildman–Crippen MR) is 115 cm³/mol. The monoisotopic (exact) mass is 413 g/mol. The average molecular weight is 414 g/mol. The molecule has 0 aromatic heterocycles. The first kappa shape index (κ1) is 21.4. The molecule has 1 aliphatic rings. The average Bonchev–Trinajstić information content (AvgIpc) is 2.65. The van der Waals surface area contributed by atoms with Gasteiger partial charge >= 0.3 is 6.09 Å². The highest BCUT2D eigenvalue weighted by Crippen LogP contribution is 2.30. The highest BCUT2D eigenvalue weighted by Gasteiger charge is 2.41. The summed E-state index contributed by atoms with van der Waals surface area (Å²) in [6, 6.07) is 17.3. The van der Waals surface area contributed by atoms with Crippen molar-refractivity contribution < 1.29 is 14.3 Å². The van der Waals surface area contributed by atoms with E-state index in [9.17, 15) is 9.59 Å². The third-order valence-electron chi connectivity index (χ3n) is 5.10. The van der Waals surface area contributed by atoms with Gasteiger partial charge < -0.3 is 4.74 Å². The van der Waals surface area contributed by atoms with Crippen LogP contribution in [-0.2, 0) is 22.4 Å². The largest absolute Gasteiger partial charge is 0.443 e. The second-order valence-electron chi connectivity index (χ2n) is 8.64. The summed E-state index contributed by atoms with van der Waals surface area (Å²) in [7, 11) is 0. The van der Waals surface area contributed by atoms with E-state index in [0.29, 0.717) is 17.9 Å². The number of benzene rings is 2. The van der Waals surface area contributed by atoms with E-state index in [-0.39, 0.29) is 17.9 Å². The summed E-state index contributed by atoms with van der Waals surface area (Å²) in [5.41, 5.74) is 1.49. The standard InChI is InChI=1S/C24H28ClNO3/c1-24(2,3)29-23(28)26-21(16-18-9-12-20(25)13-10-18)14-11-19(22(26)27)15-17-7-5-4-6-8-17/h4-10,12-13,19,21H,11,14-16H2,1-3H3/t19-,21-/m1/s1. The van der Waals surface area contributed by atoms with Crippen LogP contribution < -0.4 is 0 Å². The van der Waals surface area contributed by atoms with E-state index < -0.39 is 11.7 Å². The number of carbonyl (C=O) groups excluding carboxylic acids is 2. The molecule has 5 heteroatoms. The van der Waals surface area contributed by atoms with E-state index >= 15 is 0 Å². The fourth-order valence-corrected chi connectivity index (χ4v) is 3.87. The Morgan fingerprint density at radius 1 is 1.00 bits per heavy atom. The van der Waals surface area contributed by atoms with Crippen molar-refractivity contribution >= 4 is 23.6 Å². The molecule has 2 aromatic rings.